The number of carbonyl (C=O) groups is 2. The summed E-state index contributed by atoms with van der Waals surface area (Å²) in [6.45, 7) is 7.38. The third-order valence-electron chi connectivity index (χ3n) is 4.06. The molecular formula is C14H19N3O3S2. The van der Waals surface area contributed by atoms with E-state index >= 15 is 0 Å². The standard InChI is InChI=1S/C14H19N3O3S2/c1-6(2)9-11(18)17-10(13(19)20)14(22-12(9)17)21-8-4-15-7(3)16-5-8/h6,8-9,12H,4-5H2,1-3H3,(H,15,16)(H,19,20)/t9?,12-/m0/s1. The zero-order chi connectivity index (χ0) is 16.0. The Kier molecular flexibility index (Phi) is 4.15. The molecule has 3 aliphatic heterocycles. The van der Waals surface area contributed by atoms with Crippen LogP contribution < -0.4 is 5.32 Å². The largest absolute Gasteiger partial charge is 0.477 e. The van der Waals surface area contributed by atoms with Crippen molar-refractivity contribution in [3.05, 3.63) is 9.93 Å². The molecule has 0 saturated carbocycles. The molecule has 0 radical (unpaired) electrons. The maximum atomic E-state index is 12.3. The first-order chi connectivity index (χ1) is 10.4. The van der Waals surface area contributed by atoms with E-state index < -0.39 is 5.97 Å². The van der Waals surface area contributed by atoms with Gasteiger partial charge in [0.15, 0.2) is 5.70 Å². The molecule has 1 amide bonds. The summed E-state index contributed by atoms with van der Waals surface area (Å²) < 4.78 is 0.746. The molecule has 0 spiro atoms. The van der Waals surface area contributed by atoms with Crippen LogP contribution in [0.1, 0.15) is 20.8 Å². The third-order valence-corrected chi connectivity index (χ3v) is 6.85. The third kappa shape index (κ3) is 2.52. The number of aliphatic imine (C=N–C) groups is 1. The minimum absolute atomic E-state index is 0.0529. The van der Waals surface area contributed by atoms with Gasteiger partial charge in [-0.3, -0.25) is 14.7 Å². The van der Waals surface area contributed by atoms with E-state index in [9.17, 15) is 14.7 Å². The topological polar surface area (TPSA) is 82.0 Å². The van der Waals surface area contributed by atoms with Crippen molar-refractivity contribution in [3.8, 4) is 0 Å². The molecule has 0 aromatic carbocycles. The van der Waals surface area contributed by atoms with E-state index in [2.05, 4.69) is 10.3 Å². The Morgan fingerprint density at radius 2 is 2.27 bits per heavy atom. The van der Waals surface area contributed by atoms with Crippen molar-refractivity contribution in [1.29, 1.82) is 0 Å². The molecule has 3 aliphatic rings. The summed E-state index contributed by atoms with van der Waals surface area (Å²) in [5.74, 6) is -0.0127. The number of fused-ring (bicyclic) bond motifs is 1. The van der Waals surface area contributed by atoms with Crippen molar-refractivity contribution < 1.29 is 14.7 Å². The zero-order valence-electron chi connectivity index (χ0n) is 12.7. The van der Waals surface area contributed by atoms with E-state index in [1.165, 1.54) is 28.4 Å². The lowest BCUT2D eigenvalue weighted by Crippen LogP contribution is -2.59. The number of carbonyl (C=O) groups excluding carboxylic acids is 1. The van der Waals surface area contributed by atoms with Crippen LogP contribution in [0.25, 0.3) is 0 Å². The molecule has 3 heterocycles. The number of hydrogen-bond donors (Lipinski definition) is 2. The minimum Gasteiger partial charge on any atom is -0.477 e. The highest BCUT2D eigenvalue weighted by atomic mass is 32.2. The van der Waals surface area contributed by atoms with Gasteiger partial charge in [0.05, 0.1) is 27.9 Å². The van der Waals surface area contributed by atoms with E-state index in [1.54, 1.807) is 0 Å². The molecule has 8 heteroatoms. The van der Waals surface area contributed by atoms with Gasteiger partial charge < -0.3 is 10.4 Å². The highest BCUT2D eigenvalue weighted by Crippen LogP contribution is 2.55. The first-order valence-corrected chi connectivity index (χ1v) is 9.05. The molecule has 6 nitrogen and oxygen atoms in total. The second kappa shape index (κ2) is 5.81. The fourth-order valence-corrected chi connectivity index (χ4v) is 6.10. The molecule has 0 aromatic rings. The number of carboxylic acid groups (broad SMARTS) is 1. The van der Waals surface area contributed by atoms with Crippen molar-refractivity contribution in [2.45, 2.75) is 31.4 Å². The Balaban J connectivity index is 1.78. The molecule has 1 saturated heterocycles. The van der Waals surface area contributed by atoms with Crippen LogP contribution in [-0.2, 0) is 9.59 Å². The molecule has 1 fully saturated rings. The predicted octanol–water partition coefficient (Wildman–Crippen LogP) is 1.55. The first-order valence-electron chi connectivity index (χ1n) is 7.29. The number of nitrogens with zero attached hydrogens (tertiary/aromatic N) is 2. The Morgan fingerprint density at radius 3 is 2.82 bits per heavy atom. The molecule has 2 N–H and O–H groups in total. The molecule has 0 aliphatic carbocycles. The summed E-state index contributed by atoms with van der Waals surface area (Å²) in [4.78, 5) is 29.7. The summed E-state index contributed by atoms with van der Waals surface area (Å²) in [6.07, 6.45) is 0. The van der Waals surface area contributed by atoms with Crippen LogP contribution in [0, 0.1) is 11.8 Å². The van der Waals surface area contributed by atoms with Crippen molar-refractivity contribution in [1.82, 2.24) is 10.2 Å². The first kappa shape index (κ1) is 15.7. The van der Waals surface area contributed by atoms with Crippen LogP contribution in [-0.4, -0.2) is 51.4 Å². The molecule has 3 atom stereocenters. The number of hydrogen-bond acceptors (Lipinski definition) is 6. The Bertz CT molecular complexity index is 588. The second-order valence-electron chi connectivity index (χ2n) is 5.97. The number of thioether (sulfide) groups is 2. The molecule has 120 valence electrons. The van der Waals surface area contributed by atoms with E-state index in [-0.39, 0.29) is 34.1 Å². The predicted molar refractivity (Wildman–Crippen MR) is 88.6 cm³/mol. The van der Waals surface area contributed by atoms with Gasteiger partial charge in [0.1, 0.15) is 0 Å². The van der Waals surface area contributed by atoms with Crippen LogP contribution in [0.2, 0.25) is 0 Å². The lowest BCUT2D eigenvalue weighted by Gasteiger charge is -2.44. The number of amides is 1. The van der Waals surface area contributed by atoms with Crippen molar-refractivity contribution >= 4 is 41.2 Å². The molecule has 0 bridgehead atoms. The molecule has 22 heavy (non-hydrogen) atoms. The van der Waals surface area contributed by atoms with Gasteiger partial charge in [-0.15, -0.1) is 11.8 Å². The summed E-state index contributed by atoms with van der Waals surface area (Å²) in [5, 5.41) is 12.8. The van der Waals surface area contributed by atoms with Gasteiger partial charge in [-0.2, -0.15) is 0 Å². The van der Waals surface area contributed by atoms with Crippen LogP contribution in [0.15, 0.2) is 14.9 Å². The number of β-lactam (4-membered cyclic amide) rings is 1. The van der Waals surface area contributed by atoms with Gasteiger partial charge in [0, 0.05) is 11.8 Å². The van der Waals surface area contributed by atoms with E-state index in [0.717, 1.165) is 16.6 Å². The van der Waals surface area contributed by atoms with E-state index in [1.807, 2.05) is 20.8 Å². The average Bonchev–Trinajstić information content (AvgIpc) is 2.75. The van der Waals surface area contributed by atoms with Gasteiger partial charge in [0.25, 0.3) is 0 Å². The second-order valence-corrected chi connectivity index (χ2v) is 8.67. The fraction of sp³-hybridized carbons (Fsp3) is 0.643. The number of nitrogens with one attached hydrogen (secondary N) is 1. The van der Waals surface area contributed by atoms with Gasteiger partial charge in [0.2, 0.25) is 5.91 Å². The van der Waals surface area contributed by atoms with E-state index in [4.69, 9.17) is 0 Å². The van der Waals surface area contributed by atoms with Crippen LogP contribution in [0.4, 0.5) is 0 Å². The maximum Gasteiger partial charge on any atom is 0.354 e. The molecule has 2 unspecified atom stereocenters. The van der Waals surface area contributed by atoms with Gasteiger partial charge in [-0.25, -0.2) is 4.79 Å². The molecule has 3 rings (SSSR count). The monoisotopic (exact) mass is 341 g/mol. The van der Waals surface area contributed by atoms with Crippen molar-refractivity contribution in [3.63, 3.8) is 0 Å². The molecular weight excluding hydrogens is 322 g/mol. The minimum atomic E-state index is -1.02. The quantitative estimate of drug-likeness (QED) is 0.755. The highest BCUT2D eigenvalue weighted by Gasteiger charge is 2.57. The van der Waals surface area contributed by atoms with Gasteiger partial charge in [-0.05, 0) is 12.8 Å². The van der Waals surface area contributed by atoms with Crippen LogP contribution in [0.3, 0.4) is 0 Å². The van der Waals surface area contributed by atoms with Crippen molar-refractivity contribution in [2.75, 3.05) is 13.1 Å². The lowest BCUT2D eigenvalue weighted by molar-refractivity contribution is -0.153. The smallest absolute Gasteiger partial charge is 0.354 e. The maximum absolute atomic E-state index is 12.3. The Morgan fingerprint density at radius 1 is 1.55 bits per heavy atom. The van der Waals surface area contributed by atoms with Gasteiger partial charge in [-0.1, -0.05) is 25.6 Å². The summed E-state index contributed by atoms with van der Waals surface area (Å²) in [6, 6.07) is 0. The SMILES string of the molecule is CC1=NCC(SC2=C(C(=O)O)N3C(=O)C(C(C)C)[C@@H]3S2)CN1. The number of carboxylic acids is 1. The molecule has 0 aromatic heterocycles. The van der Waals surface area contributed by atoms with Crippen LogP contribution >= 0.6 is 23.5 Å². The lowest BCUT2D eigenvalue weighted by atomic mass is 9.86. The summed E-state index contributed by atoms with van der Waals surface area (Å²) in [5.41, 5.74) is 0.160. The normalized spacial score (nSPS) is 30.9. The Labute approximate surface area is 137 Å². The fourth-order valence-electron chi connectivity index (χ4n) is 2.85. The average molecular weight is 341 g/mol. The summed E-state index contributed by atoms with van der Waals surface area (Å²) >= 11 is 3.05. The highest BCUT2D eigenvalue weighted by molar-refractivity contribution is 8.23. The zero-order valence-corrected chi connectivity index (χ0v) is 14.3. The number of aliphatic carboxylic acids is 1. The number of amidine groups is 1. The Hall–Kier alpha value is -1.15. The van der Waals surface area contributed by atoms with Crippen LogP contribution in [0.5, 0.6) is 0 Å². The van der Waals surface area contributed by atoms with Gasteiger partial charge >= 0.3 is 5.97 Å². The number of rotatable bonds is 4. The summed E-state index contributed by atoms with van der Waals surface area (Å²) in [7, 11) is 0. The van der Waals surface area contributed by atoms with E-state index in [0.29, 0.717) is 6.54 Å². The van der Waals surface area contributed by atoms with Crippen molar-refractivity contribution in [2.24, 2.45) is 16.8 Å².